The minimum Gasteiger partial charge on any atom is -0.321 e. The first kappa shape index (κ1) is 13.5. The molecule has 0 unspecified atom stereocenters. The van der Waals surface area contributed by atoms with Crippen LogP contribution in [-0.4, -0.2) is 5.91 Å². The summed E-state index contributed by atoms with van der Waals surface area (Å²) in [6, 6.07) is 11.0. The molecule has 0 bridgehead atoms. The Hall–Kier alpha value is -1.90. The lowest BCUT2D eigenvalue weighted by molar-refractivity contribution is -0.112. The van der Waals surface area contributed by atoms with Gasteiger partial charge in [-0.1, -0.05) is 15.9 Å². The predicted molar refractivity (Wildman–Crippen MR) is 80.7 cm³/mol. The molecule has 1 amide bonds. The van der Waals surface area contributed by atoms with Crippen LogP contribution in [0.2, 0.25) is 0 Å². The van der Waals surface area contributed by atoms with Crippen LogP contribution >= 0.6 is 27.3 Å². The van der Waals surface area contributed by atoms with Gasteiger partial charge in [0.1, 0.15) is 11.6 Å². The zero-order valence-corrected chi connectivity index (χ0v) is 12.2. The van der Waals surface area contributed by atoms with Gasteiger partial charge in [0.05, 0.1) is 0 Å². The number of hydrogen-bond donors (Lipinski definition) is 1. The van der Waals surface area contributed by atoms with E-state index in [2.05, 4.69) is 21.2 Å². The maximum absolute atomic E-state index is 11.9. The molecule has 0 aliphatic carbocycles. The molecule has 2 aromatic rings. The molecule has 3 nitrogen and oxygen atoms in total. The molecule has 0 aliphatic rings. The van der Waals surface area contributed by atoms with Crippen molar-refractivity contribution in [3.8, 4) is 6.07 Å². The van der Waals surface area contributed by atoms with Gasteiger partial charge in [0, 0.05) is 10.2 Å². The Morgan fingerprint density at radius 1 is 1.32 bits per heavy atom. The van der Waals surface area contributed by atoms with E-state index in [1.165, 1.54) is 11.3 Å². The fourth-order valence-corrected chi connectivity index (χ4v) is 2.29. The maximum atomic E-state index is 11.9. The highest BCUT2D eigenvalue weighted by Crippen LogP contribution is 2.16. The second kappa shape index (κ2) is 6.32. The van der Waals surface area contributed by atoms with E-state index in [-0.39, 0.29) is 5.57 Å². The minimum absolute atomic E-state index is 0.0846. The number of amides is 1. The van der Waals surface area contributed by atoms with Crippen LogP contribution in [0.25, 0.3) is 6.08 Å². The first-order valence-corrected chi connectivity index (χ1v) is 7.13. The number of nitrogens with one attached hydrogen (secondary N) is 1. The Morgan fingerprint density at radius 3 is 2.63 bits per heavy atom. The van der Waals surface area contributed by atoms with E-state index in [1.54, 1.807) is 18.2 Å². The second-order valence-electron chi connectivity index (χ2n) is 3.69. The van der Waals surface area contributed by atoms with Gasteiger partial charge in [-0.15, -0.1) is 0 Å². The number of halogens is 1. The van der Waals surface area contributed by atoms with E-state index in [0.717, 1.165) is 10.0 Å². The maximum Gasteiger partial charge on any atom is 0.266 e. The van der Waals surface area contributed by atoms with Crippen LogP contribution in [0.5, 0.6) is 0 Å². The second-order valence-corrected chi connectivity index (χ2v) is 5.38. The summed E-state index contributed by atoms with van der Waals surface area (Å²) in [6.07, 6.45) is 1.57. The topological polar surface area (TPSA) is 52.9 Å². The molecule has 1 N–H and O–H groups in total. The molecule has 5 heteroatoms. The van der Waals surface area contributed by atoms with Crippen LogP contribution < -0.4 is 5.32 Å². The summed E-state index contributed by atoms with van der Waals surface area (Å²) >= 11 is 4.84. The van der Waals surface area contributed by atoms with Gasteiger partial charge in [0.2, 0.25) is 0 Å². The number of nitriles is 1. The molecule has 0 fully saturated rings. The van der Waals surface area contributed by atoms with Crippen LogP contribution in [0, 0.1) is 11.3 Å². The molecule has 94 valence electrons. The molecule has 0 aliphatic heterocycles. The van der Waals surface area contributed by atoms with E-state index in [9.17, 15) is 4.79 Å². The zero-order chi connectivity index (χ0) is 13.7. The average molecular weight is 333 g/mol. The van der Waals surface area contributed by atoms with Gasteiger partial charge in [-0.25, -0.2) is 0 Å². The third kappa shape index (κ3) is 3.78. The molecule has 0 saturated carbocycles. The van der Waals surface area contributed by atoms with E-state index in [1.807, 2.05) is 35.0 Å². The molecule has 19 heavy (non-hydrogen) atoms. The van der Waals surface area contributed by atoms with Gasteiger partial charge in [-0.2, -0.15) is 16.6 Å². The summed E-state index contributed by atoms with van der Waals surface area (Å²) in [5.41, 5.74) is 1.59. The molecule has 0 saturated heterocycles. The Labute approximate surface area is 123 Å². The van der Waals surface area contributed by atoms with Crippen LogP contribution in [-0.2, 0) is 4.79 Å². The van der Waals surface area contributed by atoms with Crippen LogP contribution in [0.3, 0.4) is 0 Å². The summed E-state index contributed by atoms with van der Waals surface area (Å²) in [7, 11) is 0. The highest BCUT2D eigenvalue weighted by molar-refractivity contribution is 9.10. The van der Waals surface area contributed by atoms with Gasteiger partial charge >= 0.3 is 0 Å². The van der Waals surface area contributed by atoms with Crippen molar-refractivity contribution in [3.05, 3.63) is 56.7 Å². The van der Waals surface area contributed by atoms with Crippen molar-refractivity contribution >= 4 is 44.9 Å². The number of rotatable bonds is 3. The van der Waals surface area contributed by atoms with Crippen molar-refractivity contribution in [2.45, 2.75) is 0 Å². The van der Waals surface area contributed by atoms with Gasteiger partial charge in [-0.3, -0.25) is 4.79 Å². The fraction of sp³-hybridized carbons (Fsp3) is 0. The fourth-order valence-electron chi connectivity index (χ4n) is 1.40. The summed E-state index contributed by atoms with van der Waals surface area (Å²) < 4.78 is 0.930. The summed E-state index contributed by atoms with van der Waals surface area (Å²) in [6.45, 7) is 0. The number of carbonyl (C=O) groups is 1. The Bertz CT molecular complexity index is 639. The average Bonchev–Trinajstić information content (AvgIpc) is 2.91. The molecular formula is C14H9BrN2OS. The van der Waals surface area contributed by atoms with E-state index >= 15 is 0 Å². The molecule has 0 radical (unpaired) electrons. The first-order valence-electron chi connectivity index (χ1n) is 5.40. The predicted octanol–water partition coefficient (Wildman–Crippen LogP) is 4.06. The Kier molecular flexibility index (Phi) is 4.50. The molecule has 0 spiro atoms. The zero-order valence-electron chi connectivity index (χ0n) is 9.76. The number of thiophene rings is 1. The third-order valence-electron chi connectivity index (χ3n) is 2.32. The monoisotopic (exact) mass is 332 g/mol. The molecule has 1 aromatic heterocycles. The van der Waals surface area contributed by atoms with Crippen LogP contribution in [0.15, 0.2) is 51.1 Å². The smallest absolute Gasteiger partial charge is 0.266 e. The SMILES string of the molecule is N#C/C(=C/c1ccsc1)C(=O)Nc1ccc(Br)cc1. The molecule has 1 heterocycles. The third-order valence-corrected chi connectivity index (χ3v) is 3.55. The largest absolute Gasteiger partial charge is 0.321 e. The highest BCUT2D eigenvalue weighted by Gasteiger charge is 2.09. The van der Waals surface area contributed by atoms with Gasteiger partial charge in [0.15, 0.2) is 0 Å². The van der Waals surface area contributed by atoms with E-state index < -0.39 is 5.91 Å². The molecule has 1 aromatic carbocycles. The van der Waals surface area contributed by atoms with Crippen molar-refractivity contribution in [3.63, 3.8) is 0 Å². The van der Waals surface area contributed by atoms with Crippen molar-refractivity contribution < 1.29 is 4.79 Å². The number of anilines is 1. The molecule has 0 atom stereocenters. The lowest BCUT2D eigenvalue weighted by Gasteiger charge is -2.03. The summed E-state index contributed by atoms with van der Waals surface area (Å²) in [4.78, 5) is 11.9. The van der Waals surface area contributed by atoms with Crippen molar-refractivity contribution in [1.29, 1.82) is 5.26 Å². The standard InChI is InChI=1S/C14H9BrN2OS/c15-12-1-3-13(4-2-12)17-14(18)11(8-16)7-10-5-6-19-9-10/h1-7,9H,(H,17,18)/b11-7-. The quantitative estimate of drug-likeness (QED) is 0.680. The highest BCUT2D eigenvalue weighted by atomic mass is 79.9. The lowest BCUT2D eigenvalue weighted by Crippen LogP contribution is -2.13. The summed E-state index contributed by atoms with van der Waals surface area (Å²) in [5, 5.41) is 15.5. The minimum atomic E-state index is -0.406. The van der Waals surface area contributed by atoms with Crippen molar-refractivity contribution in [2.24, 2.45) is 0 Å². The van der Waals surface area contributed by atoms with Crippen LogP contribution in [0.4, 0.5) is 5.69 Å². The van der Waals surface area contributed by atoms with Crippen LogP contribution in [0.1, 0.15) is 5.56 Å². The van der Waals surface area contributed by atoms with Gasteiger partial charge in [-0.05, 0) is 52.7 Å². The normalized spacial score (nSPS) is 10.8. The van der Waals surface area contributed by atoms with Gasteiger partial charge in [0.25, 0.3) is 5.91 Å². The number of hydrogen-bond acceptors (Lipinski definition) is 3. The Balaban J connectivity index is 2.14. The molecular weight excluding hydrogens is 324 g/mol. The number of benzene rings is 1. The van der Waals surface area contributed by atoms with Crippen molar-refractivity contribution in [2.75, 3.05) is 5.32 Å². The van der Waals surface area contributed by atoms with E-state index in [0.29, 0.717) is 5.69 Å². The molecule has 2 rings (SSSR count). The Morgan fingerprint density at radius 2 is 2.05 bits per heavy atom. The summed E-state index contributed by atoms with van der Waals surface area (Å²) in [5.74, 6) is -0.406. The number of nitrogens with zero attached hydrogens (tertiary/aromatic N) is 1. The number of carbonyl (C=O) groups excluding carboxylic acids is 1. The first-order chi connectivity index (χ1) is 9.19. The lowest BCUT2D eigenvalue weighted by atomic mass is 10.2. The van der Waals surface area contributed by atoms with Gasteiger partial charge < -0.3 is 5.32 Å². The van der Waals surface area contributed by atoms with Crippen molar-refractivity contribution in [1.82, 2.24) is 0 Å². The van der Waals surface area contributed by atoms with E-state index in [4.69, 9.17) is 5.26 Å².